The number of carbonyl (C=O) groups is 1. The first kappa shape index (κ1) is 10.8. The molecule has 0 radical (unpaired) electrons. The van der Waals surface area contributed by atoms with Crippen molar-refractivity contribution in [3.8, 4) is 0 Å². The standard InChI is InChI=1S/C12H16O2S/c1-8-6-11(15-9(8)2)12(13)10-4-3-5-14-7-10/h6,10H,3-5,7H2,1-2H3. The maximum absolute atomic E-state index is 12.1. The van der Waals surface area contributed by atoms with Crippen LogP contribution in [0.15, 0.2) is 6.07 Å². The van der Waals surface area contributed by atoms with Gasteiger partial charge in [0.2, 0.25) is 0 Å². The summed E-state index contributed by atoms with van der Waals surface area (Å²) < 4.78 is 5.35. The Morgan fingerprint density at radius 2 is 2.33 bits per heavy atom. The number of aryl methyl sites for hydroxylation is 2. The maximum atomic E-state index is 12.1. The lowest BCUT2D eigenvalue weighted by Crippen LogP contribution is -2.24. The van der Waals surface area contributed by atoms with Crippen LogP contribution in [-0.2, 0) is 4.74 Å². The molecule has 2 rings (SSSR count). The lowest BCUT2D eigenvalue weighted by atomic mass is 9.96. The van der Waals surface area contributed by atoms with E-state index in [1.54, 1.807) is 11.3 Å². The number of hydrogen-bond acceptors (Lipinski definition) is 3. The van der Waals surface area contributed by atoms with E-state index in [0.29, 0.717) is 6.61 Å². The van der Waals surface area contributed by atoms with E-state index in [4.69, 9.17) is 4.74 Å². The van der Waals surface area contributed by atoms with Gasteiger partial charge in [-0.15, -0.1) is 11.3 Å². The third-order valence-corrected chi connectivity index (χ3v) is 4.11. The molecule has 82 valence electrons. The lowest BCUT2D eigenvalue weighted by molar-refractivity contribution is 0.0464. The number of thiophene rings is 1. The summed E-state index contributed by atoms with van der Waals surface area (Å²) in [6.45, 7) is 5.54. The summed E-state index contributed by atoms with van der Waals surface area (Å²) in [5.41, 5.74) is 1.22. The maximum Gasteiger partial charge on any atom is 0.178 e. The van der Waals surface area contributed by atoms with Crippen LogP contribution in [0.1, 0.15) is 33.0 Å². The Kier molecular flexibility index (Phi) is 3.22. The van der Waals surface area contributed by atoms with Gasteiger partial charge in [0.15, 0.2) is 5.78 Å². The van der Waals surface area contributed by atoms with Crippen molar-refractivity contribution in [3.05, 3.63) is 21.4 Å². The first-order valence-corrected chi connectivity index (χ1v) is 6.19. The highest BCUT2D eigenvalue weighted by Gasteiger charge is 2.24. The Hall–Kier alpha value is -0.670. The van der Waals surface area contributed by atoms with Crippen molar-refractivity contribution in [2.45, 2.75) is 26.7 Å². The molecule has 0 N–H and O–H groups in total. The third-order valence-electron chi connectivity index (χ3n) is 2.94. The van der Waals surface area contributed by atoms with Crippen LogP contribution in [-0.4, -0.2) is 19.0 Å². The fraction of sp³-hybridized carbons (Fsp3) is 0.583. The second-order valence-corrected chi connectivity index (χ2v) is 5.38. The van der Waals surface area contributed by atoms with Crippen LogP contribution in [0.3, 0.4) is 0 Å². The van der Waals surface area contributed by atoms with Crippen LogP contribution in [0.5, 0.6) is 0 Å². The van der Waals surface area contributed by atoms with E-state index in [2.05, 4.69) is 13.8 Å². The highest BCUT2D eigenvalue weighted by molar-refractivity contribution is 7.14. The Bertz CT molecular complexity index is 342. The molecule has 0 amide bonds. The van der Waals surface area contributed by atoms with Crippen LogP contribution < -0.4 is 0 Å². The zero-order valence-corrected chi connectivity index (χ0v) is 10.0. The summed E-state index contributed by atoms with van der Waals surface area (Å²) in [4.78, 5) is 14.2. The van der Waals surface area contributed by atoms with E-state index in [1.807, 2.05) is 6.07 Å². The first-order valence-electron chi connectivity index (χ1n) is 5.37. The number of hydrogen-bond donors (Lipinski definition) is 0. The average molecular weight is 224 g/mol. The minimum Gasteiger partial charge on any atom is -0.381 e. The zero-order valence-electron chi connectivity index (χ0n) is 9.21. The smallest absolute Gasteiger partial charge is 0.178 e. The van der Waals surface area contributed by atoms with Gasteiger partial charge >= 0.3 is 0 Å². The van der Waals surface area contributed by atoms with Crippen LogP contribution >= 0.6 is 11.3 Å². The molecule has 1 atom stereocenters. The molecule has 1 saturated heterocycles. The molecule has 0 spiro atoms. The van der Waals surface area contributed by atoms with E-state index in [0.717, 1.165) is 24.3 Å². The van der Waals surface area contributed by atoms with Crippen LogP contribution in [0, 0.1) is 19.8 Å². The molecule has 1 fully saturated rings. The topological polar surface area (TPSA) is 26.3 Å². The van der Waals surface area contributed by atoms with Crippen molar-refractivity contribution < 1.29 is 9.53 Å². The highest BCUT2D eigenvalue weighted by Crippen LogP contribution is 2.26. The monoisotopic (exact) mass is 224 g/mol. The van der Waals surface area contributed by atoms with Gasteiger partial charge in [0, 0.05) is 17.4 Å². The lowest BCUT2D eigenvalue weighted by Gasteiger charge is -2.20. The van der Waals surface area contributed by atoms with Crippen molar-refractivity contribution in [1.29, 1.82) is 0 Å². The Morgan fingerprint density at radius 3 is 2.87 bits per heavy atom. The molecule has 1 aromatic heterocycles. The molecular formula is C12H16O2S. The van der Waals surface area contributed by atoms with Gasteiger partial charge in [0.05, 0.1) is 11.5 Å². The number of rotatable bonds is 2. The van der Waals surface area contributed by atoms with Crippen LogP contribution in [0.25, 0.3) is 0 Å². The summed E-state index contributed by atoms with van der Waals surface area (Å²) >= 11 is 1.61. The minimum absolute atomic E-state index is 0.0937. The molecular weight excluding hydrogens is 208 g/mol. The molecule has 0 aliphatic carbocycles. The van der Waals surface area contributed by atoms with Gasteiger partial charge < -0.3 is 4.74 Å². The molecule has 1 unspecified atom stereocenters. The molecule has 2 heterocycles. The largest absolute Gasteiger partial charge is 0.381 e. The average Bonchev–Trinajstić information content (AvgIpc) is 2.59. The highest BCUT2D eigenvalue weighted by atomic mass is 32.1. The summed E-state index contributed by atoms with van der Waals surface area (Å²) in [6, 6.07) is 2.01. The quantitative estimate of drug-likeness (QED) is 0.722. The Balaban J connectivity index is 2.12. The number of ether oxygens (including phenoxy) is 1. The second kappa shape index (κ2) is 4.45. The molecule has 1 aliphatic heterocycles. The molecule has 3 heteroatoms. The number of ketones is 1. The fourth-order valence-corrected chi connectivity index (χ4v) is 2.90. The van der Waals surface area contributed by atoms with E-state index in [-0.39, 0.29) is 11.7 Å². The Morgan fingerprint density at radius 1 is 1.53 bits per heavy atom. The fourth-order valence-electron chi connectivity index (χ4n) is 1.84. The van der Waals surface area contributed by atoms with Gasteiger partial charge in [0.1, 0.15) is 0 Å². The normalized spacial score (nSPS) is 21.6. The van der Waals surface area contributed by atoms with E-state index >= 15 is 0 Å². The predicted molar refractivity (Wildman–Crippen MR) is 61.7 cm³/mol. The molecule has 1 aliphatic rings. The van der Waals surface area contributed by atoms with Gasteiger partial charge in [0.25, 0.3) is 0 Å². The van der Waals surface area contributed by atoms with E-state index in [9.17, 15) is 4.79 Å². The van der Waals surface area contributed by atoms with E-state index in [1.165, 1.54) is 10.4 Å². The zero-order chi connectivity index (χ0) is 10.8. The van der Waals surface area contributed by atoms with Crippen molar-refractivity contribution >= 4 is 17.1 Å². The van der Waals surface area contributed by atoms with Crippen LogP contribution in [0.2, 0.25) is 0 Å². The van der Waals surface area contributed by atoms with Crippen molar-refractivity contribution in [1.82, 2.24) is 0 Å². The summed E-state index contributed by atoms with van der Waals surface area (Å²) in [5.74, 6) is 0.368. The number of Topliss-reactive ketones (excluding diaryl/α,β-unsaturated/α-hetero) is 1. The van der Waals surface area contributed by atoms with Gasteiger partial charge in [-0.05, 0) is 38.3 Å². The summed E-state index contributed by atoms with van der Waals surface area (Å²) in [7, 11) is 0. The number of carbonyl (C=O) groups excluding carboxylic acids is 1. The first-order chi connectivity index (χ1) is 7.18. The minimum atomic E-state index is 0.0937. The molecule has 2 nitrogen and oxygen atoms in total. The molecule has 0 aromatic carbocycles. The van der Waals surface area contributed by atoms with Gasteiger partial charge in [-0.25, -0.2) is 0 Å². The van der Waals surface area contributed by atoms with Gasteiger partial charge in [-0.1, -0.05) is 0 Å². The van der Waals surface area contributed by atoms with Crippen molar-refractivity contribution in [3.63, 3.8) is 0 Å². The Labute approximate surface area is 94.3 Å². The van der Waals surface area contributed by atoms with Crippen LogP contribution in [0.4, 0.5) is 0 Å². The predicted octanol–water partition coefficient (Wildman–Crippen LogP) is 2.97. The van der Waals surface area contributed by atoms with Gasteiger partial charge in [-0.2, -0.15) is 0 Å². The molecule has 1 aromatic rings. The molecule has 0 saturated carbocycles. The van der Waals surface area contributed by atoms with Gasteiger partial charge in [-0.3, -0.25) is 4.79 Å². The van der Waals surface area contributed by atoms with Crippen molar-refractivity contribution in [2.24, 2.45) is 5.92 Å². The third kappa shape index (κ3) is 2.29. The SMILES string of the molecule is Cc1cc(C(=O)C2CCCOC2)sc1C. The summed E-state index contributed by atoms with van der Waals surface area (Å²) in [6.07, 6.45) is 1.99. The molecule has 15 heavy (non-hydrogen) atoms. The molecule has 0 bridgehead atoms. The second-order valence-electron chi connectivity index (χ2n) is 4.13. The summed E-state index contributed by atoms with van der Waals surface area (Å²) in [5, 5.41) is 0. The van der Waals surface area contributed by atoms with Crippen molar-refractivity contribution in [2.75, 3.05) is 13.2 Å². The van der Waals surface area contributed by atoms with E-state index < -0.39 is 0 Å².